The maximum absolute atomic E-state index is 12.6. The average molecular weight is 607 g/mol. The van der Waals surface area contributed by atoms with Crippen molar-refractivity contribution in [1.82, 2.24) is 0 Å². The molecular weight excluding hydrogens is 592 g/mol. The molecule has 31 heavy (non-hydrogen) atoms. The van der Waals surface area contributed by atoms with Gasteiger partial charge < -0.3 is 15.2 Å². The van der Waals surface area contributed by atoms with Crippen molar-refractivity contribution in [2.24, 2.45) is 0 Å². The number of benzene rings is 3. The van der Waals surface area contributed by atoms with Crippen LogP contribution in [0.1, 0.15) is 11.1 Å². The summed E-state index contributed by atoms with van der Waals surface area (Å²) in [5, 5.41) is 21.6. The maximum Gasteiger partial charge on any atom is 0.266 e. The van der Waals surface area contributed by atoms with Crippen LogP contribution in [0.15, 0.2) is 79.7 Å². The second kappa shape index (κ2) is 10.6. The summed E-state index contributed by atoms with van der Waals surface area (Å²) in [5.74, 6) is 0.0278. The third-order valence-corrected chi connectivity index (χ3v) is 5.70. The lowest BCUT2D eigenvalue weighted by atomic mass is 10.1. The number of anilines is 1. The van der Waals surface area contributed by atoms with E-state index in [9.17, 15) is 15.2 Å². The van der Waals surface area contributed by atoms with Crippen LogP contribution in [0.4, 0.5) is 5.69 Å². The summed E-state index contributed by atoms with van der Waals surface area (Å²) in [7, 11) is 0. The number of hydrogen-bond donors (Lipinski definition) is 2. The Kier molecular flexibility index (Phi) is 7.91. The van der Waals surface area contributed by atoms with Crippen LogP contribution in [0.25, 0.3) is 6.08 Å². The molecule has 8 heteroatoms. The highest BCUT2D eigenvalue weighted by Gasteiger charge is 2.14. The van der Waals surface area contributed by atoms with Crippen molar-refractivity contribution in [3.63, 3.8) is 0 Å². The number of nitrogens with one attached hydrogen (secondary N) is 1. The van der Waals surface area contributed by atoms with Gasteiger partial charge in [-0.3, -0.25) is 4.79 Å². The Morgan fingerprint density at radius 2 is 1.71 bits per heavy atom. The first kappa shape index (κ1) is 23.1. The topological polar surface area (TPSA) is 82.3 Å². The third kappa shape index (κ3) is 6.44. The van der Waals surface area contributed by atoms with Gasteiger partial charge in [-0.25, -0.2) is 0 Å². The van der Waals surface area contributed by atoms with Crippen molar-refractivity contribution in [3.8, 4) is 17.6 Å². The fourth-order valence-corrected chi connectivity index (χ4v) is 4.26. The number of carbonyl (C=O) groups is 1. The largest absolute Gasteiger partial charge is 0.508 e. The fraction of sp³-hybridized carbons (Fsp3) is 0.0435. The molecule has 0 unspecified atom stereocenters. The third-order valence-electron chi connectivity index (χ3n) is 4.12. The number of amides is 1. The van der Waals surface area contributed by atoms with Crippen molar-refractivity contribution in [1.29, 1.82) is 5.26 Å². The summed E-state index contributed by atoms with van der Waals surface area (Å²) in [6.45, 7) is 0.315. The Hall–Kier alpha value is -2.60. The summed E-state index contributed by atoms with van der Waals surface area (Å²) in [5.41, 5.74) is 1.91. The van der Waals surface area contributed by atoms with Crippen LogP contribution in [-0.4, -0.2) is 11.0 Å². The number of aromatic hydroxyl groups is 1. The van der Waals surface area contributed by atoms with E-state index in [0.717, 1.165) is 14.5 Å². The van der Waals surface area contributed by atoms with Crippen LogP contribution in [0.5, 0.6) is 11.5 Å². The Balaban J connectivity index is 1.87. The molecule has 1 amide bonds. The van der Waals surface area contributed by atoms with E-state index in [1.54, 1.807) is 18.2 Å². The number of nitrogens with zero attached hydrogens (tertiary/aromatic N) is 1. The Labute approximate surface area is 204 Å². The lowest BCUT2D eigenvalue weighted by Gasteiger charge is -2.13. The van der Waals surface area contributed by atoms with Crippen molar-refractivity contribution in [2.45, 2.75) is 6.61 Å². The summed E-state index contributed by atoms with van der Waals surface area (Å²) in [4.78, 5) is 12.6. The summed E-state index contributed by atoms with van der Waals surface area (Å²) < 4.78 is 8.43. The second-order valence-electron chi connectivity index (χ2n) is 6.39. The van der Waals surface area contributed by atoms with Crippen LogP contribution in [-0.2, 0) is 11.4 Å². The number of halogens is 3. The minimum Gasteiger partial charge on any atom is -0.508 e. The molecule has 0 aromatic heterocycles. The van der Waals surface area contributed by atoms with Gasteiger partial charge in [-0.1, -0.05) is 44.0 Å². The molecule has 0 saturated carbocycles. The molecule has 0 aliphatic carbocycles. The standard InChI is InChI=1S/C23H15Br3N2O3/c24-17-3-1-14(2-4-17)13-31-22-15(10-18(25)11-21(22)26)9-16(12-27)23(30)28-19-5-7-20(29)8-6-19/h1-11,29H,13H2,(H,28,30)/b16-9+. The smallest absolute Gasteiger partial charge is 0.266 e. The van der Waals surface area contributed by atoms with Crippen LogP contribution in [0.3, 0.4) is 0 Å². The molecule has 0 aliphatic heterocycles. The molecule has 0 atom stereocenters. The molecule has 3 aromatic rings. The van der Waals surface area contributed by atoms with Crippen molar-refractivity contribution >= 4 is 65.5 Å². The van der Waals surface area contributed by atoms with Gasteiger partial charge in [0, 0.05) is 20.2 Å². The van der Waals surface area contributed by atoms with E-state index in [2.05, 4.69) is 53.1 Å². The number of carbonyl (C=O) groups excluding carboxylic acids is 1. The first-order valence-corrected chi connectivity index (χ1v) is 11.3. The molecule has 0 spiro atoms. The van der Waals surface area contributed by atoms with Gasteiger partial charge in [-0.2, -0.15) is 5.26 Å². The van der Waals surface area contributed by atoms with E-state index in [4.69, 9.17) is 4.74 Å². The zero-order valence-corrected chi connectivity index (χ0v) is 20.7. The second-order valence-corrected chi connectivity index (χ2v) is 9.08. The van der Waals surface area contributed by atoms with E-state index in [0.29, 0.717) is 28.1 Å². The average Bonchev–Trinajstić information content (AvgIpc) is 2.74. The summed E-state index contributed by atoms with van der Waals surface area (Å²) in [6, 6.07) is 19.3. The Morgan fingerprint density at radius 1 is 1.03 bits per heavy atom. The zero-order chi connectivity index (χ0) is 22.4. The first-order valence-electron chi connectivity index (χ1n) is 8.94. The summed E-state index contributed by atoms with van der Waals surface area (Å²) >= 11 is 10.3. The Morgan fingerprint density at radius 3 is 2.35 bits per heavy atom. The van der Waals surface area contributed by atoms with Crippen molar-refractivity contribution in [3.05, 3.63) is 90.8 Å². The summed E-state index contributed by atoms with van der Waals surface area (Å²) in [6.07, 6.45) is 1.47. The van der Waals surface area contributed by atoms with Gasteiger partial charge in [-0.15, -0.1) is 0 Å². The predicted molar refractivity (Wildman–Crippen MR) is 131 cm³/mol. The van der Waals surface area contributed by atoms with E-state index in [1.807, 2.05) is 36.4 Å². The van der Waals surface area contributed by atoms with Crippen LogP contribution >= 0.6 is 47.8 Å². The monoisotopic (exact) mass is 604 g/mol. The zero-order valence-electron chi connectivity index (χ0n) is 15.9. The maximum atomic E-state index is 12.6. The quantitative estimate of drug-likeness (QED) is 0.184. The predicted octanol–water partition coefficient (Wildman–Crippen LogP) is 6.80. The molecule has 0 heterocycles. The van der Waals surface area contributed by atoms with E-state index >= 15 is 0 Å². The number of phenolic OH excluding ortho intramolecular Hbond substituents is 1. The highest BCUT2D eigenvalue weighted by Crippen LogP contribution is 2.35. The molecule has 0 aliphatic rings. The van der Waals surface area contributed by atoms with Gasteiger partial charge >= 0.3 is 0 Å². The van der Waals surface area contributed by atoms with Gasteiger partial charge in [-0.05, 0) is 76.1 Å². The van der Waals surface area contributed by atoms with Crippen molar-refractivity contribution < 1.29 is 14.6 Å². The van der Waals surface area contributed by atoms with E-state index in [1.165, 1.54) is 18.2 Å². The normalized spacial score (nSPS) is 11.0. The molecule has 0 fully saturated rings. The highest BCUT2D eigenvalue weighted by atomic mass is 79.9. The minimum atomic E-state index is -0.567. The number of rotatable bonds is 6. The number of nitriles is 1. The lowest BCUT2D eigenvalue weighted by Crippen LogP contribution is -2.13. The van der Waals surface area contributed by atoms with E-state index in [-0.39, 0.29) is 11.3 Å². The number of phenols is 1. The molecule has 3 aromatic carbocycles. The minimum absolute atomic E-state index is 0.0839. The molecule has 3 rings (SSSR count). The van der Waals surface area contributed by atoms with Gasteiger partial charge in [0.1, 0.15) is 29.7 Å². The fourth-order valence-electron chi connectivity index (χ4n) is 2.62. The molecule has 2 N–H and O–H groups in total. The van der Waals surface area contributed by atoms with Crippen LogP contribution in [0.2, 0.25) is 0 Å². The molecule has 0 bridgehead atoms. The number of ether oxygens (including phenoxy) is 1. The molecule has 156 valence electrons. The first-order chi connectivity index (χ1) is 14.9. The SMILES string of the molecule is N#C/C(=C\c1cc(Br)cc(Br)c1OCc1ccc(Br)cc1)C(=O)Nc1ccc(O)cc1. The van der Waals surface area contributed by atoms with Gasteiger partial charge in [0.15, 0.2) is 0 Å². The molecule has 0 radical (unpaired) electrons. The van der Waals surface area contributed by atoms with E-state index < -0.39 is 5.91 Å². The van der Waals surface area contributed by atoms with Gasteiger partial charge in [0.25, 0.3) is 5.91 Å². The van der Waals surface area contributed by atoms with Crippen LogP contribution in [0, 0.1) is 11.3 Å². The number of hydrogen-bond acceptors (Lipinski definition) is 4. The molecule has 5 nitrogen and oxygen atoms in total. The molecule has 0 saturated heterocycles. The van der Waals surface area contributed by atoms with Gasteiger partial charge in [0.05, 0.1) is 4.47 Å². The van der Waals surface area contributed by atoms with Gasteiger partial charge in [0.2, 0.25) is 0 Å². The van der Waals surface area contributed by atoms with Crippen LogP contribution < -0.4 is 10.1 Å². The lowest BCUT2D eigenvalue weighted by molar-refractivity contribution is -0.112. The molecular formula is C23H15Br3N2O3. The Bertz CT molecular complexity index is 1170. The highest BCUT2D eigenvalue weighted by molar-refractivity contribution is 9.11. The van der Waals surface area contributed by atoms with Crippen molar-refractivity contribution in [2.75, 3.05) is 5.32 Å².